The molecule has 198 valence electrons. The summed E-state index contributed by atoms with van der Waals surface area (Å²) >= 11 is 6.07. The highest BCUT2D eigenvalue weighted by molar-refractivity contribution is 6.30. The van der Waals surface area contributed by atoms with Gasteiger partial charge in [0.1, 0.15) is 11.4 Å². The average molecular weight is 526 g/mol. The van der Waals surface area contributed by atoms with Crippen LogP contribution in [-0.4, -0.2) is 56.7 Å². The third-order valence-electron chi connectivity index (χ3n) is 7.29. The monoisotopic (exact) mass is 525 g/mol. The minimum Gasteiger partial charge on any atom is -0.444 e. The number of ether oxygens (including phenoxy) is 1. The molecule has 0 N–H and O–H groups in total. The molecule has 2 aromatic heterocycles. The van der Waals surface area contributed by atoms with Crippen LogP contribution < -0.4 is 10.5 Å². The van der Waals surface area contributed by atoms with Crippen molar-refractivity contribution in [1.82, 2.24) is 18.9 Å². The van der Waals surface area contributed by atoms with Gasteiger partial charge in [-0.1, -0.05) is 43.5 Å². The summed E-state index contributed by atoms with van der Waals surface area (Å²) in [6, 6.07) is 9.27. The molecule has 1 spiro atoms. The number of anilines is 1. The van der Waals surface area contributed by atoms with Crippen molar-refractivity contribution >= 4 is 29.3 Å². The number of nitrogens with zero attached hydrogens (tertiary/aromatic N) is 5. The summed E-state index contributed by atoms with van der Waals surface area (Å²) in [5, 5.41) is 0.665. The van der Waals surface area contributed by atoms with Crippen LogP contribution in [0.3, 0.4) is 0 Å². The molecule has 0 saturated carbocycles. The smallest absolute Gasteiger partial charge is 0.410 e. The van der Waals surface area contributed by atoms with E-state index in [9.17, 15) is 9.59 Å². The maximum absolute atomic E-state index is 13.2. The van der Waals surface area contributed by atoms with Gasteiger partial charge in [0, 0.05) is 61.0 Å². The van der Waals surface area contributed by atoms with E-state index in [1.807, 2.05) is 51.2 Å². The van der Waals surface area contributed by atoms with Gasteiger partial charge < -0.3 is 14.5 Å². The quantitative estimate of drug-likeness (QED) is 0.400. The largest absolute Gasteiger partial charge is 0.444 e. The zero-order valence-corrected chi connectivity index (χ0v) is 22.9. The topological polar surface area (TPSA) is 72.1 Å². The van der Waals surface area contributed by atoms with Crippen LogP contribution in [-0.2, 0) is 11.3 Å². The molecule has 8 nitrogen and oxygen atoms in total. The second-order valence-corrected chi connectivity index (χ2v) is 11.9. The van der Waals surface area contributed by atoms with E-state index < -0.39 is 5.60 Å². The SMILES string of the molecule is CCCCCn1c(N2CCC3(CN(C(=O)OC(C)(C)C)C3)C2)cc(=O)n2cc(-c3ccc(Cl)cc3)nc12. The number of amides is 1. The number of imidazole rings is 1. The molecule has 0 atom stereocenters. The summed E-state index contributed by atoms with van der Waals surface area (Å²) in [5.41, 5.74) is 1.12. The molecule has 3 aromatic rings. The van der Waals surface area contributed by atoms with Gasteiger partial charge in [0.2, 0.25) is 5.78 Å². The van der Waals surface area contributed by atoms with Crippen molar-refractivity contribution in [3.63, 3.8) is 0 Å². The Labute approximate surface area is 222 Å². The summed E-state index contributed by atoms with van der Waals surface area (Å²) < 4.78 is 9.39. The van der Waals surface area contributed by atoms with Crippen molar-refractivity contribution in [2.45, 2.75) is 65.5 Å². The van der Waals surface area contributed by atoms with Crippen molar-refractivity contribution in [1.29, 1.82) is 0 Å². The molecule has 1 amide bonds. The normalized spacial score (nSPS) is 17.0. The Morgan fingerprint density at radius 2 is 1.86 bits per heavy atom. The Kier molecular flexibility index (Phi) is 6.73. The molecule has 2 aliphatic rings. The van der Waals surface area contributed by atoms with E-state index in [-0.39, 0.29) is 17.1 Å². The zero-order chi connectivity index (χ0) is 26.4. The molecule has 2 fully saturated rings. The number of carbonyl (C=O) groups is 1. The van der Waals surface area contributed by atoms with Crippen LogP contribution in [0.25, 0.3) is 17.0 Å². The molecule has 0 unspecified atom stereocenters. The number of halogens is 1. The van der Waals surface area contributed by atoms with Crippen molar-refractivity contribution in [3.05, 3.63) is 51.9 Å². The number of benzene rings is 1. The van der Waals surface area contributed by atoms with E-state index in [4.69, 9.17) is 21.3 Å². The highest BCUT2D eigenvalue weighted by Gasteiger charge is 2.50. The fourth-order valence-electron chi connectivity index (χ4n) is 5.45. The number of rotatable bonds is 6. The molecule has 0 radical (unpaired) electrons. The first-order valence-corrected chi connectivity index (χ1v) is 13.6. The first kappa shape index (κ1) is 25.6. The lowest BCUT2D eigenvalue weighted by Crippen LogP contribution is -2.60. The summed E-state index contributed by atoms with van der Waals surface area (Å²) in [7, 11) is 0. The third-order valence-corrected chi connectivity index (χ3v) is 7.54. The molecule has 37 heavy (non-hydrogen) atoms. The minimum atomic E-state index is -0.499. The lowest BCUT2D eigenvalue weighted by molar-refractivity contribution is -0.0266. The molecule has 1 aromatic carbocycles. The molecular weight excluding hydrogens is 490 g/mol. The first-order chi connectivity index (χ1) is 17.6. The van der Waals surface area contributed by atoms with Crippen molar-refractivity contribution in [2.24, 2.45) is 5.41 Å². The van der Waals surface area contributed by atoms with E-state index in [0.29, 0.717) is 23.9 Å². The van der Waals surface area contributed by atoms with E-state index in [1.54, 1.807) is 15.4 Å². The molecule has 0 aliphatic carbocycles. The van der Waals surface area contributed by atoms with Crippen LogP contribution in [0.5, 0.6) is 0 Å². The van der Waals surface area contributed by atoms with Crippen LogP contribution in [0.15, 0.2) is 41.3 Å². The Morgan fingerprint density at radius 1 is 1.14 bits per heavy atom. The summed E-state index contributed by atoms with van der Waals surface area (Å²) in [4.78, 5) is 34.7. The first-order valence-electron chi connectivity index (χ1n) is 13.2. The number of hydrogen-bond acceptors (Lipinski definition) is 5. The summed E-state index contributed by atoms with van der Waals surface area (Å²) in [6.07, 6.45) is 5.78. The number of hydrogen-bond donors (Lipinski definition) is 0. The van der Waals surface area contributed by atoms with E-state index in [0.717, 1.165) is 62.4 Å². The van der Waals surface area contributed by atoms with Gasteiger partial charge in [0.15, 0.2) is 0 Å². The molecule has 2 aliphatic heterocycles. The Morgan fingerprint density at radius 3 is 2.54 bits per heavy atom. The van der Waals surface area contributed by atoms with Crippen molar-refractivity contribution < 1.29 is 9.53 Å². The van der Waals surface area contributed by atoms with Crippen LogP contribution >= 0.6 is 11.6 Å². The van der Waals surface area contributed by atoms with Gasteiger partial charge in [-0.05, 0) is 45.7 Å². The number of fused-ring (bicyclic) bond motifs is 1. The number of likely N-dealkylation sites (tertiary alicyclic amines) is 1. The Hall–Kier alpha value is -3.00. The van der Waals surface area contributed by atoms with Gasteiger partial charge in [-0.2, -0.15) is 0 Å². The average Bonchev–Trinajstić information content (AvgIpc) is 3.45. The number of unbranched alkanes of at least 4 members (excludes halogenated alkanes) is 2. The van der Waals surface area contributed by atoms with Crippen molar-refractivity contribution in [3.8, 4) is 11.3 Å². The van der Waals surface area contributed by atoms with Gasteiger partial charge in [0.05, 0.1) is 5.69 Å². The molecule has 4 heterocycles. The second kappa shape index (κ2) is 9.71. The third kappa shape index (κ3) is 5.21. The fourth-order valence-corrected chi connectivity index (χ4v) is 5.57. The van der Waals surface area contributed by atoms with Crippen molar-refractivity contribution in [2.75, 3.05) is 31.1 Å². The fraction of sp³-hybridized carbons (Fsp3) is 0.536. The molecule has 0 bridgehead atoms. The number of aryl methyl sites for hydroxylation is 1. The zero-order valence-electron chi connectivity index (χ0n) is 22.2. The summed E-state index contributed by atoms with van der Waals surface area (Å²) in [5.74, 6) is 1.57. The summed E-state index contributed by atoms with van der Waals surface area (Å²) in [6.45, 7) is 11.7. The molecule has 2 saturated heterocycles. The Balaban J connectivity index is 1.43. The number of aromatic nitrogens is 3. The van der Waals surface area contributed by atoms with E-state index in [1.165, 1.54) is 0 Å². The minimum absolute atomic E-state index is 0.0389. The second-order valence-electron chi connectivity index (χ2n) is 11.5. The van der Waals surface area contributed by atoms with Gasteiger partial charge in [0.25, 0.3) is 5.56 Å². The van der Waals surface area contributed by atoms with Gasteiger partial charge >= 0.3 is 6.09 Å². The van der Waals surface area contributed by atoms with Gasteiger partial charge in [-0.25, -0.2) is 9.78 Å². The van der Waals surface area contributed by atoms with Crippen LogP contribution in [0, 0.1) is 5.41 Å². The Bertz CT molecular complexity index is 1350. The maximum atomic E-state index is 13.2. The highest BCUT2D eigenvalue weighted by Crippen LogP contribution is 2.41. The van der Waals surface area contributed by atoms with Crippen LogP contribution in [0.1, 0.15) is 53.4 Å². The molecule has 5 rings (SSSR count). The highest BCUT2D eigenvalue weighted by atomic mass is 35.5. The standard InChI is InChI=1S/C28H36ClN5O3/c1-5-6-7-13-33-23(31-14-12-28(17-31)18-32(19-28)26(36)37-27(2,3)4)15-24(35)34-16-22(30-25(33)34)20-8-10-21(29)11-9-20/h8-11,15-16H,5-7,12-14,17-19H2,1-4H3. The number of carbonyl (C=O) groups excluding carboxylic acids is 1. The van der Waals surface area contributed by atoms with E-state index in [2.05, 4.69) is 16.4 Å². The van der Waals surface area contributed by atoms with Gasteiger partial charge in [-0.3, -0.25) is 13.8 Å². The lowest BCUT2D eigenvalue weighted by Gasteiger charge is -2.47. The molecular formula is C28H36ClN5O3. The van der Waals surface area contributed by atoms with Crippen LogP contribution in [0.2, 0.25) is 5.02 Å². The lowest BCUT2D eigenvalue weighted by atomic mass is 9.79. The van der Waals surface area contributed by atoms with Crippen LogP contribution in [0.4, 0.5) is 10.6 Å². The molecule has 9 heteroatoms. The van der Waals surface area contributed by atoms with Gasteiger partial charge in [-0.15, -0.1) is 0 Å². The maximum Gasteiger partial charge on any atom is 0.410 e. The van der Waals surface area contributed by atoms with E-state index >= 15 is 0 Å². The predicted molar refractivity (Wildman–Crippen MR) is 146 cm³/mol. The predicted octanol–water partition coefficient (Wildman–Crippen LogP) is 5.45.